The molecule has 5 heteroatoms. The molecule has 0 saturated carbocycles. The van der Waals surface area contributed by atoms with Gasteiger partial charge in [0.15, 0.2) is 6.04 Å². The summed E-state index contributed by atoms with van der Waals surface area (Å²) in [6.07, 6.45) is 0. The highest BCUT2D eigenvalue weighted by molar-refractivity contribution is 6.30. The highest BCUT2D eigenvalue weighted by Crippen LogP contribution is 2.26. The van der Waals surface area contributed by atoms with Gasteiger partial charge in [-0.15, -0.1) is 0 Å². The molecule has 1 unspecified atom stereocenters. The molecule has 0 aliphatic rings. The van der Waals surface area contributed by atoms with Gasteiger partial charge in [0.25, 0.3) is 0 Å². The molecule has 0 spiro atoms. The minimum atomic E-state index is -0.802. The lowest BCUT2D eigenvalue weighted by atomic mass is 10.0. The second-order valence-electron chi connectivity index (χ2n) is 4.61. The summed E-state index contributed by atoms with van der Waals surface area (Å²) < 4.78 is 18.3. The molecule has 0 bridgehead atoms. The van der Waals surface area contributed by atoms with E-state index in [1.165, 1.54) is 19.2 Å². The van der Waals surface area contributed by atoms with E-state index in [2.05, 4.69) is 5.32 Å². The topological polar surface area (TPSA) is 38.3 Å². The third kappa shape index (κ3) is 3.73. The SMILES string of the molecule is COC(=O)C(Nc1cccc(Cl)c1)c1cc(F)ccc1C. The van der Waals surface area contributed by atoms with Crippen LogP contribution in [0.2, 0.25) is 5.02 Å². The van der Waals surface area contributed by atoms with E-state index in [9.17, 15) is 9.18 Å². The molecule has 0 fully saturated rings. The first-order valence-electron chi connectivity index (χ1n) is 6.37. The first-order chi connectivity index (χ1) is 10.0. The Hall–Kier alpha value is -2.07. The van der Waals surface area contributed by atoms with Crippen LogP contribution < -0.4 is 5.32 Å². The molecule has 0 amide bonds. The van der Waals surface area contributed by atoms with Crippen molar-refractivity contribution in [3.05, 3.63) is 64.4 Å². The molecule has 0 aliphatic heterocycles. The van der Waals surface area contributed by atoms with Crippen molar-refractivity contribution in [3.63, 3.8) is 0 Å². The zero-order chi connectivity index (χ0) is 15.4. The van der Waals surface area contributed by atoms with Gasteiger partial charge < -0.3 is 10.1 Å². The smallest absolute Gasteiger partial charge is 0.333 e. The summed E-state index contributed by atoms with van der Waals surface area (Å²) in [7, 11) is 1.30. The van der Waals surface area contributed by atoms with Crippen molar-refractivity contribution < 1.29 is 13.9 Å². The average Bonchev–Trinajstić information content (AvgIpc) is 2.47. The lowest BCUT2D eigenvalue weighted by molar-refractivity contribution is -0.141. The first-order valence-corrected chi connectivity index (χ1v) is 6.75. The molecular formula is C16H15ClFNO2. The van der Waals surface area contributed by atoms with Gasteiger partial charge in [-0.25, -0.2) is 9.18 Å². The number of methoxy groups -OCH3 is 1. The van der Waals surface area contributed by atoms with Crippen molar-refractivity contribution in [1.82, 2.24) is 0 Å². The number of halogens is 2. The molecule has 0 aliphatic carbocycles. The summed E-state index contributed by atoms with van der Waals surface area (Å²) in [5.74, 6) is -0.902. The zero-order valence-electron chi connectivity index (χ0n) is 11.7. The summed E-state index contributed by atoms with van der Waals surface area (Å²) in [6, 6.07) is 10.5. The average molecular weight is 308 g/mol. The Morgan fingerprint density at radius 2 is 2.05 bits per heavy atom. The van der Waals surface area contributed by atoms with Crippen LogP contribution in [0.15, 0.2) is 42.5 Å². The van der Waals surface area contributed by atoms with E-state index < -0.39 is 17.8 Å². The second kappa shape index (κ2) is 6.59. The quantitative estimate of drug-likeness (QED) is 0.864. The molecule has 1 N–H and O–H groups in total. The van der Waals surface area contributed by atoms with Crippen LogP contribution in [0.25, 0.3) is 0 Å². The number of benzene rings is 2. The van der Waals surface area contributed by atoms with Gasteiger partial charge in [0.1, 0.15) is 5.82 Å². The van der Waals surface area contributed by atoms with E-state index in [-0.39, 0.29) is 0 Å². The summed E-state index contributed by atoms with van der Waals surface area (Å²) >= 11 is 5.93. The van der Waals surface area contributed by atoms with Gasteiger partial charge in [0, 0.05) is 10.7 Å². The summed E-state index contributed by atoms with van der Waals surface area (Å²) in [5.41, 5.74) is 1.98. The van der Waals surface area contributed by atoms with Crippen molar-refractivity contribution >= 4 is 23.3 Å². The minimum absolute atomic E-state index is 0.405. The third-order valence-corrected chi connectivity index (χ3v) is 3.36. The summed E-state index contributed by atoms with van der Waals surface area (Å²) in [6.45, 7) is 1.81. The monoisotopic (exact) mass is 307 g/mol. The molecule has 1 atom stereocenters. The normalized spacial score (nSPS) is 11.8. The largest absolute Gasteiger partial charge is 0.467 e. The molecule has 110 valence electrons. The Kier molecular flexibility index (Phi) is 4.81. The van der Waals surface area contributed by atoms with Crippen LogP contribution in [0, 0.1) is 12.7 Å². The van der Waals surface area contributed by atoms with Crippen LogP contribution in [-0.4, -0.2) is 13.1 Å². The van der Waals surface area contributed by atoms with Gasteiger partial charge in [0.05, 0.1) is 7.11 Å². The number of anilines is 1. The predicted molar refractivity (Wildman–Crippen MR) is 81.0 cm³/mol. The Labute approximate surface area is 127 Å². The van der Waals surface area contributed by atoms with Crippen LogP contribution in [-0.2, 0) is 9.53 Å². The number of hydrogen-bond acceptors (Lipinski definition) is 3. The lowest BCUT2D eigenvalue weighted by Gasteiger charge is -2.20. The third-order valence-electron chi connectivity index (χ3n) is 3.12. The fourth-order valence-electron chi connectivity index (χ4n) is 2.05. The second-order valence-corrected chi connectivity index (χ2v) is 5.05. The van der Waals surface area contributed by atoms with Crippen molar-refractivity contribution in [2.45, 2.75) is 13.0 Å². The molecule has 3 nitrogen and oxygen atoms in total. The Bertz CT molecular complexity index is 660. The van der Waals surface area contributed by atoms with Gasteiger partial charge in [0.2, 0.25) is 0 Å². The molecule has 0 aromatic heterocycles. The highest BCUT2D eigenvalue weighted by Gasteiger charge is 2.23. The molecule has 2 rings (SSSR count). The molecular weight excluding hydrogens is 293 g/mol. The Morgan fingerprint density at radius 3 is 2.71 bits per heavy atom. The van der Waals surface area contributed by atoms with Crippen LogP contribution >= 0.6 is 11.6 Å². The maximum atomic E-state index is 13.5. The molecule has 0 saturated heterocycles. The van der Waals surface area contributed by atoms with E-state index >= 15 is 0 Å². The zero-order valence-corrected chi connectivity index (χ0v) is 12.4. The number of rotatable bonds is 4. The lowest BCUT2D eigenvalue weighted by Crippen LogP contribution is -2.23. The molecule has 21 heavy (non-hydrogen) atoms. The number of ether oxygens (including phenoxy) is 1. The molecule has 0 radical (unpaired) electrons. The van der Waals surface area contributed by atoms with Crippen molar-refractivity contribution in [2.24, 2.45) is 0 Å². The number of nitrogens with one attached hydrogen (secondary N) is 1. The van der Waals surface area contributed by atoms with E-state index in [0.717, 1.165) is 5.56 Å². The van der Waals surface area contributed by atoms with Gasteiger partial charge in [-0.3, -0.25) is 0 Å². The van der Waals surface area contributed by atoms with Crippen LogP contribution in [0.4, 0.5) is 10.1 Å². The summed E-state index contributed by atoms with van der Waals surface area (Å²) in [5, 5.41) is 3.57. The van der Waals surface area contributed by atoms with Crippen LogP contribution in [0.5, 0.6) is 0 Å². The van der Waals surface area contributed by atoms with Crippen LogP contribution in [0.3, 0.4) is 0 Å². The van der Waals surface area contributed by atoms with Gasteiger partial charge in [-0.2, -0.15) is 0 Å². The number of carbonyl (C=O) groups excluding carboxylic acids is 1. The fourth-order valence-corrected chi connectivity index (χ4v) is 2.24. The van der Waals surface area contributed by atoms with E-state index in [1.54, 1.807) is 30.3 Å². The Balaban J connectivity index is 2.39. The maximum Gasteiger partial charge on any atom is 0.333 e. The van der Waals surface area contributed by atoms with Crippen molar-refractivity contribution in [3.8, 4) is 0 Å². The number of esters is 1. The number of hydrogen-bond donors (Lipinski definition) is 1. The fraction of sp³-hybridized carbons (Fsp3) is 0.188. The number of aryl methyl sites for hydroxylation is 1. The van der Waals surface area contributed by atoms with E-state index in [1.807, 2.05) is 6.92 Å². The van der Waals surface area contributed by atoms with E-state index in [0.29, 0.717) is 16.3 Å². The summed E-state index contributed by atoms with van der Waals surface area (Å²) in [4.78, 5) is 12.0. The van der Waals surface area contributed by atoms with Gasteiger partial charge in [-0.05, 0) is 48.4 Å². The standard InChI is InChI=1S/C16H15ClFNO2/c1-10-6-7-12(18)9-14(10)15(16(20)21-2)19-13-5-3-4-11(17)8-13/h3-9,15,19H,1-2H3. The first kappa shape index (κ1) is 15.3. The van der Waals surface area contributed by atoms with Gasteiger partial charge >= 0.3 is 5.97 Å². The maximum absolute atomic E-state index is 13.5. The van der Waals surface area contributed by atoms with Crippen molar-refractivity contribution in [2.75, 3.05) is 12.4 Å². The van der Waals surface area contributed by atoms with Crippen LogP contribution in [0.1, 0.15) is 17.2 Å². The molecule has 0 heterocycles. The molecule has 2 aromatic carbocycles. The van der Waals surface area contributed by atoms with Crippen molar-refractivity contribution in [1.29, 1.82) is 0 Å². The predicted octanol–water partition coefficient (Wildman–Crippen LogP) is 4.11. The molecule has 2 aromatic rings. The minimum Gasteiger partial charge on any atom is -0.467 e. The highest BCUT2D eigenvalue weighted by atomic mass is 35.5. The van der Waals surface area contributed by atoms with E-state index in [4.69, 9.17) is 16.3 Å². The number of carbonyl (C=O) groups is 1. The van der Waals surface area contributed by atoms with Gasteiger partial charge in [-0.1, -0.05) is 23.7 Å². The Morgan fingerprint density at radius 1 is 1.29 bits per heavy atom.